The van der Waals surface area contributed by atoms with Gasteiger partial charge in [0.25, 0.3) is 0 Å². The zero-order chi connectivity index (χ0) is 18.9. The Bertz CT molecular complexity index is 605. The van der Waals surface area contributed by atoms with Crippen LogP contribution in [0, 0.1) is 5.92 Å². The second-order valence-corrected chi connectivity index (χ2v) is 7.59. The number of hydrazine groups is 1. The third-order valence-corrected chi connectivity index (χ3v) is 5.89. The molecule has 0 unspecified atom stereocenters. The molecule has 0 spiro atoms. The second-order valence-electron chi connectivity index (χ2n) is 6.02. The van der Waals surface area contributed by atoms with Gasteiger partial charge >= 0.3 is 0 Å². The van der Waals surface area contributed by atoms with Crippen molar-refractivity contribution < 1.29 is 0 Å². The van der Waals surface area contributed by atoms with E-state index in [4.69, 9.17) is 28.2 Å². The molecule has 0 aliphatic carbocycles. The van der Waals surface area contributed by atoms with Crippen molar-refractivity contribution >= 4 is 35.4 Å². The Morgan fingerprint density at radius 2 is 2.04 bits per heavy atom. The van der Waals surface area contributed by atoms with Gasteiger partial charge in [0.05, 0.1) is 10.5 Å². The lowest BCUT2D eigenvalue weighted by atomic mass is 9.94. The van der Waals surface area contributed by atoms with E-state index >= 15 is 0 Å². The van der Waals surface area contributed by atoms with E-state index in [2.05, 4.69) is 26.3 Å². The van der Waals surface area contributed by atoms with Gasteiger partial charge in [-0.3, -0.25) is 9.86 Å². The lowest BCUT2D eigenvalue weighted by Crippen LogP contribution is -2.48. The number of hydrogen-bond acceptors (Lipinski definition) is 10. The smallest absolute Gasteiger partial charge is 0.155 e. The summed E-state index contributed by atoms with van der Waals surface area (Å²) in [5.74, 6) is 6.25. The summed E-state index contributed by atoms with van der Waals surface area (Å²) in [6.07, 6.45) is 1.93. The predicted octanol–water partition coefficient (Wildman–Crippen LogP) is -0.533. The molecule has 1 heterocycles. The Balaban J connectivity index is 2.28. The number of hydrogen-bond donors (Lipinski definition) is 7. The first-order valence-electron chi connectivity index (χ1n) is 8.53. The molecular formula is C15H29N9S2. The van der Waals surface area contributed by atoms with Crippen LogP contribution in [0.3, 0.4) is 0 Å². The maximum Gasteiger partial charge on any atom is 0.155 e. The Morgan fingerprint density at radius 1 is 1.27 bits per heavy atom. The molecule has 1 aromatic carbocycles. The first-order valence-corrected chi connectivity index (χ1v) is 10.2. The van der Waals surface area contributed by atoms with Crippen molar-refractivity contribution in [3.05, 3.63) is 17.7 Å². The number of nitrogens with one attached hydrogen (secondary N) is 2. The SMILES string of the molecule is NCCCNSc1ccc(N2CC(CCN)C2)c(/C(N)=N/NN)c1SN. The Hall–Kier alpha value is -1.21. The molecule has 0 amide bonds. The number of rotatable bonds is 11. The van der Waals surface area contributed by atoms with E-state index < -0.39 is 0 Å². The van der Waals surface area contributed by atoms with Gasteiger partial charge in [-0.05, 0) is 67.9 Å². The molecule has 1 fully saturated rings. The van der Waals surface area contributed by atoms with Crippen molar-refractivity contribution in [3.8, 4) is 0 Å². The van der Waals surface area contributed by atoms with Gasteiger partial charge in [0.1, 0.15) is 0 Å². The maximum atomic E-state index is 6.18. The third kappa shape index (κ3) is 5.16. The van der Waals surface area contributed by atoms with Crippen LogP contribution in [-0.4, -0.2) is 38.6 Å². The summed E-state index contributed by atoms with van der Waals surface area (Å²) in [6.45, 7) is 4.07. The first-order chi connectivity index (χ1) is 12.7. The molecule has 0 saturated carbocycles. The number of nitrogens with zero attached hydrogens (tertiary/aromatic N) is 2. The van der Waals surface area contributed by atoms with Crippen LogP contribution in [0.25, 0.3) is 0 Å². The molecule has 2 rings (SSSR count). The van der Waals surface area contributed by atoms with Crippen LogP contribution < -0.4 is 43.3 Å². The van der Waals surface area contributed by atoms with E-state index in [1.54, 1.807) is 0 Å². The molecule has 11 heteroatoms. The van der Waals surface area contributed by atoms with E-state index in [1.807, 2.05) is 6.07 Å². The van der Waals surface area contributed by atoms with Crippen molar-refractivity contribution in [2.75, 3.05) is 37.6 Å². The average molecular weight is 400 g/mol. The summed E-state index contributed by atoms with van der Waals surface area (Å²) in [7, 11) is 0. The topological polar surface area (TPSA) is 170 Å². The van der Waals surface area contributed by atoms with Gasteiger partial charge in [0.15, 0.2) is 5.84 Å². The molecule has 9 nitrogen and oxygen atoms in total. The summed E-state index contributed by atoms with van der Waals surface area (Å²) < 4.78 is 3.30. The minimum absolute atomic E-state index is 0.308. The van der Waals surface area contributed by atoms with E-state index in [0.717, 1.165) is 65.5 Å². The lowest BCUT2D eigenvalue weighted by molar-refractivity contribution is 0.389. The van der Waals surface area contributed by atoms with Crippen LogP contribution in [0.15, 0.2) is 27.0 Å². The molecule has 146 valence electrons. The molecule has 1 aliphatic rings. The fraction of sp³-hybridized carbons (Fsp3) is 0.533. The first kappa shape index (κ1) is 21.1. The molecule has 0 atom stereocenters. The molecular weight excluding hydrogens is 370 g/mol. The normalized spacial score (nSPS) is 15.2. The van der Waals surface area contributed by atoms with Crippen LogP contribution in [0.2, 0.25) is 0 Å². The van der Waals surface area contributed by atoms with Gasteiger partial charge < -0.3 is 22.1 Å². The summed E-state index contributed by atoms with van der Waals surface area (Å²) in [6, 6.07) is 4.10. The van der Waals surface area contributed by atoms with Gasteiger partial charge in [-0.2, -0.15) is 0 Å². The van der Waals surface area contributed by atoms with Crippen LogP contribution in [0.5, 0.6) is 0 Å². The molecule has 26 heavy (non-hydrogen) atoms. The molecule has 1 aromatic rings. The van der Waals surface area contributed by atoms with Crippen LogP contribution >= 0.6 is 23.9 Å². The minimum Gasteiger partial charge on any atom is -0.382 e. The Labute approximate surface area is 163 Å². The summed E-state index contributed by atoms with van der Waals surface area (Å²) >= 11 is 2.67. The van der Waals surface area contributed by atoms with Crippen molar-refractivity contribution in [2.24, 2.45) is 39.2 Å². The molecule has 12 N–H and O–H groups in total. The number of anilines is 1. The number of hydrazone groups is 1. The molecule has 0 aromatic heterocycles. The van der Waals surface area contributed by atoms with Gasteiger partial charge in [-0.25, -0.2) is 11.4 Å². The maximum absolute atomic E-state index is 6.18. The standard InChI is InChI=1S/C15H29N9S2/c16-5-1-7-21-26-12-3-2-11(24-8-10(9-24)4-6-17)13(14(12)25-20)15(18)22-23-19/h2-3,10,21,23H,1,4-9,16-17,19-20H2,(H2,18,22). The molecule has 1 aliphatic heterocycles. The Kier molecular flexibility index (Phi) is 8.78. The summed E-state index contributed by atoms with van der Waals surface area (Å²) in [5.41, 5.74) is 21.4. The van der Waals surface area contributed by atoms with Gasteiger partial charge in [0, 0.05) is 30.2 Å². The zero-order valence-electron chi connectivity index (χ0n) is 14.8. The minimum atomic E-state index is 0.308. The van der Waals surface area contributed by atoms with E-state index in [9.17, 15) is 0 Å². The number of nitrogens with two attached hydrogens (primary N) is 5. The molecule has 0 bridgehead atoms. The van der Waals surface area contributed by atoms with Gasteiger partial charge in [0.2, 0.25) is 0 Å². The quantitative estimate of drug-likeness (QED) is 0.0640. The van der Waals surface area contributed by atoms with Crippen LogP contribution in [-0.2, 0) is 0 Å². The Morgan fingerprint density at radius 3 is 2.65 bits per heavy atom. The van der Waals surface area contributed by atoms with Gasteiger partial charge in [-0.1, -0.05) is 0 Å². The molecule has 1 saturated heterocycles. The highest BCUT2D eigenvalue weighted by atomic mass is 32.2. The van der Waals surface area contributed by atoms with E-state index in [1.165, 1.54) is 11.9 Å². The highest BCUT2D eigenvalue weighted by molar-refractivity contribution is 8.00. The van der Waals surface area contributed by atoms with Crippen molar-refractivity contribution in [1.29, 1.82) is 0 Å². The van der Waals surface area contributed by atoms with Crippen molar-refractivity contribution in [3.63, 3.8) is 0 Å². The second kappa shape index (κ2) is 10.8. The monoisotopic (exact) mass is 399 g/mol. The van der Waals surface area contributed by atoms with Crippen LogP contribution in [0.4, 0.5) is 5.69 Å². The fourth-order valence-corrected chi connectivity index (χ4v) is 4.39. The van der Waals surface area contributed by atoms with E-state index in [-0.39, 0.29) is 0 Å². The number of benzene rings is 1. The lowest BCUT2D eigenvalue weighted by Gasteiger charge is -2.42. The zero-order valence-corrected chi connectivity index (χ0v) is 16.4. The highest BCUT2D eigenvalue weighted by Gasteiger charge is 2.30. The molecule has 0 radical (unpaired) electrons. The van der Waals surface area contributed by atoms with Crippen molar-refractivity contribution in [1.82, 2.24) is 10.3 Å². The van der Waals surface area contributed by atoms with Crippen LogP contribution in [0.1, 0.15) is 18.4 Å². The fourth-order valence-electron chi connectivity index (χ4n) is 2.87. The number of amidine groups is 1. The summed E-state index contributed by atoms with van der Waals surface area (Å²) in [5, 5.41) is 9.95. The van der Waals surface area contributed by atoms with Crippen molar-refractivity contribution in [2.45, 2.75) is 22.6 Å². The highest BCUT2D eigenvalue weighted by Crippen LogP contribution is 2.38. The average Bonchev–Trinajstić information content (AvgIpc) is 2.61. The van der Waals surface area contributed by atoms with E-state index in [0.29, 0.717) is 24.8 Å². The van der Waals surface area contributed by atoms with Gasteiger partial charge in [-0.15, -0.1) is 5.10 Å². The largest absolute Gasteiger partial charge is 0.382 e. The predicted molar refractivity (Wildman–Crippen MR) is 111 cm³/mol. The summed E-state index contributed by atoms with van der Waals surface area (Å²) in [4.78, 5) is 4.12. The third-order valence-electron chi connectivity index (χ3n) is 4.20.